The molecule has 2 bridgehead atoms. The summed E-state index contributed by atoms with van der Waals surface area (Å²) >= 11 is 0. The zero-order valence-corrected chi connectivity index (χ0v) is 15.0. The molecule has 6 aromatic rings. The third kappa shape index (κ3) is 1.65. The lowest BCUT2D eigenvalue weighted by molar-refractivity contribution is 0.564. The molecule has 0 fully saturated rings. The first-order chi connectivity index (χ1) is 12.5. The van der Waals surface area contributed by atoms with Gasteiger partial charge >= 0.3 is 0 Å². The number of hydrogen-bond acceptors (Lipinski definition) is 2. The molecule has 3 heteroatoms. The summed E-state index contributed by atoms with van der Waals surface area (Å²) in [4.78, 5) is 5.04. The molecule has 0 N–H and O–H groups in total. The second-order valence-corrected chi connectivity index (χ2v) is 8.19. The molecule has 0 spiro atoms. The molecule has 0 unspecified atom stereocenters. The number of furan rings is 2. The van der Waals surface area contributed by atoms with Gasteiger partial charge in [0.15, 0.2) is 0 Å². The largest absolute Gasteiger partial charge is 0.456 e. The Kier molecular flexibility index (Phi) is 2.37. The van der Waals surface area contributed by atoms with Crippen LogP contribution in [0.15, 0.2) is 59.0 Å². The lowest BCUT2D eigenvalue weighted by Crippen LogP contribution is -2.16. The number of imidazole rings is 1. The Bertz CT molecular complexity index is 1460. The summed E-state index contributed by atoms with van der Waals surface area (Å²) in [7, 11) is 0. The molecule has 0 atom stereocenters. The topological polar surface area (TPSA) is 30.4 Å². The molecule has 0 radical (unpaired) electrons. The smallest absolute Gasteiger partial charge is 0.146 e. The van der Waals surface area contributed by atoms with Gasteiger partial charge in [-0.15, -0.1) is 0 Å². The van der Waals surface area contributed by atoms with Gasteiger partial charge in [0, 0.05) is 27.3 Å². The molecule has 4 heterocycles. The SMILES string of the molecule is CC(C)(C)c1cc2ccccc2c2nc3cc4c5ccc(o5)c4cc3n12. The molecular formula is C23H18N2O. The quantitative estimate of drug-likeness (QED) is 0.326. The lowest BCUT2D eigenvalue weighted by atomic mass is 9.90. The van der Waals surface area contributed by atoms with E-state index >= 15 is 0 Å². The zero-order chi connectivity index (χ0) is 17.6. The van der Waals surface area contributed by atoms with Crippen molar-refractivity contribution in [1.29, 1.82) is 0 Å². The molecule has 26 heavy (non-hydrogen) atoms. The van der Waals surface area contributed by atoms with Crippen LogP contribution in [0.25, 0.3) is 49.4 Å². The zero-order valence-electron chi connectivity index (χ0n) is 15.0. The maximum atomic E-state index is 5.85. The van der Waals surface area contributed by atoms with Crippen LogP contribution in [0, 0.1) is 0 Å². The molecule has 0 saturated heterocycles. The van der Waals surface area contributed by atoms with Crippen molar-refractivity contribution in [3.63, 3.8) is 0 Å². The Morgan fingerprint density at radius 3 is 2.35 bits per heavy atom. The van der Waals surface area contributed by atoms with Crippen molar-refractivity contribution < 1.29 is 4.42 Å². The monoisotopic (exact) mass is 338 g/mol. The van der Waals surface area contributed by atoms with Crippen LogP contribution in [-0.2, 0) is 5.41 Å². The summed E-state index contributed by atoms with van der Waals surface area (Å²) in [5.74, 6) is 0. The highest BCUT2D eigenvalue weighted by atomic mass is 16.3. The number of fused-ring (bicyclic) bond motifs is 10. The standard InChI is InChI=1S/C23H18N2O/c1-23(2,3)21-10-13-6-4-5-7-14(13)22-24-17-11-15-16(12-18(17)25(21)22)20-9-8-19(15)26-20/h4-12H,1-3H3. The molecule has 0 amide bonds. The van der Waals surface area contributed by atoms with Crippen LogP contribution in [0.1, 0.15) is 26.5 Å². The Balaban J connectivity index is 1.91. The van der Waals surface area contributed by atoms with Crippen molar-refractivity contribution in [2.24, 2.45) is 0 Å². The van der Waals surface area contributed by atoms with Crippen molar-refractivity contribution in [2.75, 3.05) is 0 Å². The second kappa shape index (κ2) is 4.36. The van der Waals surface area contributed by atoms with Gasteiger partial charge in [0.05, 0.1) is 11.0 Å². The first-order valence-electron chi connectivity index (χ1n) is 9.00. The summed E-state index contributed by atoms with van der Waals surface area (Å²) in [6.45, 7) is 6.77. The fraction of sp³-hybridized carbons (Fsp3) is 0.174. The van der Waals surface area contributed by atoms with Gasteiger partial charge in [-0.25, -0.2) is 4.98 Å². The molecule has 3 nitrogen and oxygen atoms in total. The van der Waals surface area contributed by atoms with Crippen LogP contribution in [0.3, 0.4) is 0 Å². The molecule has 0 aliphatic heterocycles. The number of aromatic nitrogens is 2. The van der Waals surface area contributed by atoms with E-state index in [0.29, 0.717) is 0 Å². The van der Waals surface area contributed by atoms with E-state index in [1.807, 2.05) is 12.1 Å². The van der Waals surface area contributed by atoms with Gasteiger partial charge in [-0.1, -0.05) is 45.0 Å². The van der Waals surface area contributed by atoms with E-state index < -0.39 is 0 Å². The van der Waals surface area contributed by atoms with Crippen LogP contribution in [0.4, 0.5) is 0 Å². The highest BCUT2D eigenvalue weighted by molar-refractivity contribution is 6.12. The molecule has 2 aromatic carbocycles. The summed E-state index contributed by atoms with van der Waals surface area (Å²) < 4.78 is 8.18. The van der Waals surface area contributed by atoms with Gasteiger partial charge < -0.3 is 4.42 Å². The summed E-state index contributed by atoms with van der Waals surface area (Å²) in [5, 5.41) is 4.75. The summed E-state index contributed by atoms with van der Waals surface area (Å²) in [6, 6.07) is 19.3. The van der Waals surface area contributed by atoms with Crippen LogP contribution in [-0.4, -0.2) is 9.38 Å². The van der Waals surface area contributed by atoms with E-state index in [1.165, 1.54) is 21.9 Å². The third-order valence-corrected chi connectivity index (χ3v) is 5.43. The molecule has 0 aliphatic rings. The number of hydrogen-bond donors (Lipinski definition) is 0. The molecule has 4 aromatic heterocycles. The fourth-order valence-electron chi connectivity index (χ4n) is 4.17. The van der Waals surface area contributed by atoms with E-state index in [2.05, 4.69) is 67.6 Å². The molecule has 0 aliphatic carbocycles. The first kappa shape index (κ1) is 14.1. The maximum Gasteiger partial charge on any atom is 0.146 e. The van der Waals surface area contributed by atoms with E-state index in [-0.39, 0.29) is 5.41 Å². The molecular weight excluding hydrogens is 320 g/mol. The molecule has 126 valence electrons. The van der Waals surface area contributed by atoms with Crippen molar-refractivity contribution in [2.45, 2.75) is 26.2 Å². The third-order valence-electron chi connectivity index (χ3n) is 5.43. The van der Waals surface area contributed by atoms with Gasteiger partial charge in [-0.05, 0) is 35.7 Å². The highest BCUT2D eigenvalue weighted by Crippen LogP contribution is 2.37. The minimum Gasteiger partial charge on any atom is -0.456 e. The Labute approximate surface area is 150 Å². The van der Waals surface area contributed by atoms with Gasteiger partial charge in [-0.3, -0.25) is 4.40 Å². The Hall–Kier alpha value is -3.07. The normalized spacial score (nSPS) is 13.2. The van der Waals surface area contributed by atoms with Gasteiger partial charge in [0.1, 0.15) is 16.8 Å². The van der Waals surface area contributed by atoms with Crippen LogP contribution in [0.5, 0.6) is 0 Å². The fourth-order valence-corrected chi connectivity index (χ4v) is 4.17. The molecule has 6 rings (SSSR count). The minimum atomic E-state index is 0.00618. The highest BCUT2D eigenvalue weighted by Gasteiger charge is 2.22. The van der Waals surface area contributed by atoms with E-state index in [4.69, 9.17) is 9.40 Å². The van der Waals surface area contributed by atoms with Crippen LogP contribution < -0.4 is 0 Å². The Morgan fingerprint density at radius 2 is 1.58 bits per heavy atom. The summed E-state index contributed by atoms with van der Waals surface area (Å²) in [5.41, 5.74) is 6.36. The van der Waals surface area contributed by atoms with Crippen molar-refractivity contribution in [3.05, 3.63) is 60.3 Å². The van der Waals surface area contributed by atoms with Gasteiger partial charge in [-0.2, -0.15) is 0 Å². The predicted molar refractivity (Wildman–Crippen MR) is 107 cm³/mol. The minimum absolute atomic E-state index is 0.00618. The predicted octanol–water partition coefficient (Wildman–Crippen LogP) is 6.28. The lowest BCUT2D eigenvalue weighted by Gasteiger charge is -2.22. The first-order valence-corrected chi connectivity index (χ1v) is 9.00. The van der Waals surface area contributed by atoms with Crippen molar-refractivity contribution >= 4 is 49.4 Å². The van der Waals surface area contributed by atoms with Gasteiger partial charge in [0.2, 0.25) is 0 Å². The number of nitrogens with zero attached hydrogens (tertiary/aromatic N) is 2. The van der Waals surface area contributed by atoms with Gasteiger partial charge in [0.25, 0.3) is 0 Å². The van der Waals surface area contributed by atoms with E-state index in [0.717, 1.165) is 33.2 Å². The number of benzene rings is 3. The maximum absolute atomic E-state index is 5.85. The van der Waals surface area contributed by atoms with E-state index in [1.54, 1.807) is 0 Å². The number of rotatable bonds is 0. The van der Waals surface area contributed by atoms with Crippen molar-refractivity contribution in [1.82, 2.24) is 9.38 Å². The summed E-state index contributed by atoms with van der Waals surface area (Å²) in [6.07, 6.45) is 0. The number of pyridine rings is 1. The van der Waals surface area contributed by atoms with Crippen LogP contribution >= 0.6 is 0 Å². The van der Waals surface area contributed by atoms with Crippen LogP contribution in [0.2, 0.25) is 0 Å². The second-order valence-electron chi connectivity index (χ2n) is 8.19. The molecule has 0 saturated carbocycles. The van der Waals surface area contributed by atoms with E-state index in [9.17, 15) is 0 Å². The van der Waals surface area contributed by atoms with Crippen molar-refractivity contribution in [3.8, 4) is 0 Å². The Morgan fingerprint density at radius 1 is 0.846 bits per heavy atom. The average Bonchev–Trinajstić information content (AvgIpc) is 3.31. The average molecular weight is 338 g/mol.